The van der Waals surface area contributed by atoms with Gasteiger partial charge in [-0.2, -0.15) is 0 Å². The van der Waals surface area contributed by atoms with E-state index >= 15 is 0 Å². The van der Waals surface area contributed by atoms with Gasteiger partial charge in [0, 0.05) is 43.0 Å². The van der Waals surface area contributed by atoms with E-state index in [9.17, 15) is 4.79 Å². The first-order valence-corrected chi connectivity index (χ1v) is 11.3. The number of pyridine rings is 1. The third-order valence-electron chi connectivity index (χ3n) is 4.92. The predicted octanol–water partition coefficient (Wildman–Crippen LogP) is 3.11. The van der Waals surface area contributed by atoms with E-state index in [4.69, 9.17) is 4.74 Å². The monoisotopic (exact) mass is 429 g/mol. The molecule has 9 heteroatoms. The zero-order valence-corrected chi connectivity index (χ0v) is 18.1. The lowest BCUT2D eigenvalue weighted by Crippen LogP contribution is -2.39. The topological polar surface area (TPSA) is 73.1 Å². The summed E-state index contributed by atoms with van der Waals surface area (Å²) in [7, 11) is 1.67. The van der Waals surface area contributed by atoms with Crippen molar-refractivity contribution in [2.45, 2.75) is 36.8 Å². The number of hydrogen-bond donors (Lipinski definition) is 0. The molecule has 0 saturated heterocycles. The van der Waals surface area contributed by atoms with Crippen molar-refractivity contribution in [3.05, 3.63) is 46.4 Å². The Kier molecular flexibility index (Phi) is 6.27. The van der Waals surface area contributed by atoms with Gasteiger partial charge in [0.05, 0.1) is 18.4 Å². The van der Waals surface area contributed by atoms with Crippen molar-refractivity contribution in [3.63, 3.8) is 0 Å². The molecule has 1 aliphatic heterocycles. The van der Waals surface area contributed by atoms with Crippen molar-refractivity contribution in [1.82, 2.24) is 24.6 Å². The van der Waals surface area contributed by atoms with E-state index in [2.05, 4.69) is 26.6 Å². The maximum absolute atomic E-state index is 13.1. The van der Waals surface area contributed by atoms with Crippen LogP contribution < -0.4 is 0 Å². The van der Waals surface area contributed by atoms with Crippen LogP contribution >= 0.6 is 23.1 Å². The maximum atomic E-state index is 13.1. The van der Waals surface area contributed by atoms with Crippen molar-refractivity contribution in [2.75, 3.05) is 20.3 Å². The van der Waals surface area contributed by atoms with Crippen LogP contribution in [0.25, 0.3) is 11.4 Å². The fourth-order valence-corrected chi connectivity index (χ4v) is 5.23. The summed E-state index contributed by atoms with van der Waals surface area (Å²) in [4.78, 5) is 20.5. The largest absolute Gasteiger partial charge is 0.383 e. The molecule has 0 aliphatic carbocycles. The van der Waals surface area contributed by atoms with Crippen LogP contribution in [0.3, 0.4) is 0 Å². The molecule has 152 valence electrons. The Morgan fingerprint density at radius 3 is 2.93 bits per heavy atom. The third kappa shape index (κ3) is 4.36. The Balaban J connectivity index is 1.51. The van der Waals surface area contributed by atoms with Gasteiger partial charge in [0.1, 0.15) is 0 Å². The molecule has 0 radical (unpaired) electrons. The normalized spacial score (nSPS) is 14.6. The smallest absolute Gasteiger partial charge is 0.236 e. The first-order valence-electron chi connectivity index (χ1n) is 9.50. The first kappa shape index (κ1) is 20.1. The van der Waals surface area contributed by atoms with E-state index < -0.39 is 0 Å². The number of amides is 1. The highest BCUT2D eigenvalue weighted by molar-refractivity contribution is 8.00. The van der Waals surface area contributed by atoms with E-state index in [1.165, 1.54) is 22.2 Å². The molecule has 0 aromatic carbocycles. The van der Waals surface area contributed by atoms with Crippen LogP contribution in [0, 0.1) is 0 Å². The molecule has 0 saturated carbocycles. The number of hydrogen-bond acceptors (Lipinski definition) is 7. The number of carbonyl (C=O) groups excluding carboxylic acids is 1. The zero-order valence-electron chi connectivity index (χ0n) is 16.4. The Hall–Kier alpha value is -2.23. The van der Waals surface area contributed by atoms with Gasteiger partial charge in [-0.1, -0.05) is 11.8 Å². The quantitative estimate of drug-likeness (QED) is 0.538. The van der Waals surface area contributed by atoms with Gasteiger partial charge in [-0.25, -0.2) is 0 Å². The number of carbonyl (C=O) groups is 1. The molecule has 0 spiro atoms. The highest BCUT2D eigenvalue weighted by atomic mass is 32.2. The summed E-state index contributed by atoms with van der Waals surface area (Å²) < 4.78 is 7.28. The first-order chi connectivity index (χ1) is 14.2. The van der Waals surface area contributed by atoms with E-state index in [1.807, 2.05) is 28.5 Å². The average molecular weight is 430 g/mol. The second-order valence-electron chi connectivity index (χ2n) is 6.83. The van der Waals surface area contributed by atoms with E-state index in [0.29, 0.717) is 19.7 Å². The molecular weight excluding hydrogens is 406 g/mol. The van der Waals surface area contributed by atoms with Crippen molar-refractivity contribution >= 4 is 29.0 Å². The molecule has 1 aliphatic rings. The molecule has 3 aromatic heterocycles. The summed E-state index contributed by atoms with van der Waals surface area (Å²) in [5.41, 5.74) is 2.21. The lowest BCUT2D eigenvalue weighted by Gasteiger charge is -2.29. The number of aromatic nitrogens is 4. The molecule has 1 amide bonds. The van der Waals surface area contributed by atoms with Crippen LogP contribution in [0.15, 0.2) is 41.1 Å². The minimum absolute atomic E-state index is 0.138. The van der Waals surface area contributed by atoms with Crippen LogP contribution in [0.1, 0.15) is 17.4 Å². The Bertz CT molecular complexity index is 972. The number of thioether (sulfide) groups is 1. The standard InChI is InChI=1S/C20H23N5O2S2/c1-14(19(26)24-9-5-17-16(13-24)6-12-28-17)29-20-23-22-18(25(20)10-11-27-2)15-3-7-21-8-4-15/h3-4,6-8,12,14H,5,9-11,13H2,1-2H3. The number of rotatable bonds is 7. The van der Waals surface area contributed by atoms with Crippen LogP contribution in [0.2, 0.25) is 0 Å². The summed E-state index contributed by atoms with van der Waals surface area (Å²) in [5, 5.41) is 11.3. The molecule has 0 N–H and O–H groups in total. The summed E-state index contributed by atoms with van der Waals surface area (Å²) >= 11 is 3.23. The lowest BCUT2D eigenvalue weighted by molar-refractivity contribution is -0.131. The number of thiophene rings is 1. The fourth-order valence-electron chi connectivity index (χ4n) is 3.38. The van der Waals surface area contributed by atoms with Gasteiger partial charge in [0.25, 0.3) is 0 Å². The number of fused-ring (bicyclic) bond motifs is 1. The Morgan fingerprint density at radius 2 is 2.14 bits per heavy atom. The van der Waals surface area contributed by atoms with E-state index in [0.717, 1.165) is 29.5 Å². The molecule has 29 heavy (non-hydrogen) atoms. The third-order valence-corrected chi connectivity index (χ3v) is 7.01. The molecule has 0 bridgehead atoms. The number of methoxy groups -OCH3 is 1. The van der Waals surface area contributed by atoms with E-state index in [1.54, 1.807) is 30.8 Å². The van der Waals surface area contributed by atoms with Gasteiger partial charge in [0.2, 0.25) is 5.91 Å². The Labute approximate surface area is 178 Å². The molecule has 4 rings (SSSR count). The highest BCUT2D eigenvalue weighted by Gasteiger charge is 2.27. The lowest BCUT2D eigenvalue weighted by atomic mass is 10.1. The molecule has 3 aromatic rings. The van der Waals surface area contributed by atoms with Gasteiger partial charge < -0.3 is 9.64 Å². The minimum atomic E-state index is -0.244. The maximum Gasteiger partial charge on any atom is 0.236 e. The van der Waals surface area contributed by atoms with Crippen LogP contribution in [-0.2, 0) is 29.0 Å². The predicted molar refractivity (Wildman–Crippen MR) is 114 cm³/mol. The summed E-state index contributed by atoms with van der Waals surface area (Å²) in [6.45, 7) is 4.57. The van der Waals surface area contributed by atoms with Gasteiger partial charge in [-0.15, -0.1) is 21.5 Å². The average Bonchev–Trinajstić information content (AvgIpc) is 3.38. The number of ether oxygens (including phenoxy) is 1. The van der Waals surface area contributed by atoms with Crippen LogP contribution in [-0.4, -0.2) is 56.1 Å². The van der Waals surface area contributed by atoms with Gasteiger partial charge in [0.15, 0.2) is 11.0 Å². The second-order valence-corrected chi connectivity index (χ2v) is 9.13. The van der Waals surface area contributed by atoms with Gasteiger partial charge in [-0.3, -0.25) is 14.3 Å². The minimum Gasteiger partial charge on any atom is -0.383 e. The Morgan fingerprint density at radius 1 is 1.31 bits per heavy atom. The molecular formula is C20H23N5O2S2. The zero-order chi connectivity index (χ0) is 20.2. The van der Waals surface area contributed by atoms with E-state index in [-0.39, 0.29) is 11.2 Å². The summed E-state index contributed by atoms with van der Waals surface area (Å²) in [6.07, 6.45) is 4.41. The molecule has 7 nitrogen and oxygen atoms in total. The van der Waals surface area contributed by atoms with Crippen molar-refractivity contribution in [1.29, 1.82) is 0 Å². The fraction of sp³-hybridized carbons (Fsp3) is 0.400. The van der Waals surface area contributed by atoms with Crippen LogP contribution in [0.5, 0.6) is 0 Å². The second kappa shape index (κ2) is 9.06. The number of nitrogens with zero attached hydrogens (tertiary/aromatic N) is 5. The summed E-state index contributed by atoms with van der Waals surface area (Å²) in [5.74, 6) is 0.895. The summed E-state index contributed by atoms with van der Waals surface area (Å²) in [6, 6.07) is 5.94. The van der Waals surface area contributed by atoms with Crippen molar-refractivity contribution in [2.24, 2.45) is 0 Å². The molecule has 1 unspecified atom stereocenters. The molecule has 4 heterocycles. The van der Waals surface area contributed by atoms with Gasteiger partial charge in [-0.05, 0) is 42.5 Å². The van der Waals surface area contributed by atoms with Crippen molar-refractivity contribution in [3.8, 4) is 11.4 Å². The van der Waals surface area contributed by atoms with Crippen LogP contribution in [0.4, 0.5) is 0 Å². The van der Waals surface area contributed by atoms with Gasteiger partial charge >= 0.3 is 0 Å². The highest BCUT2D eigenvalue weighted by Crippen LogP contribution is 2.30. The van der Waals surface area contributed by atoms with Crippen molar-refractivity contribution < 1.29 is 9.53 Å². The SMILES string of the molecule is COCCn1c(SC(C)C(=O)N2CCc3sccc3C2)nnc1-c1ccncc1. The molecule has 0 fully saturated rings. The molecule has 1 atom stereocenters.